The summed E-state index contributed by atoms with van der Waals surface area (Å²) in [5.41, 5.74) is 0. The van der Waals surface area contributed by atoms with Gasteiger partial charge in [0, 0.05) is 34.9 Å². The highest BCUT2D eigenvalue weighted by Gasteiger charge is 2.08. The molecule has 0 rings (SSSR count). The van der Waals surface area contributed by atoms with E-state index in [9.17, 15) is 19.2 Å². The van der Waals surface area contributed by atoms with E-state index in [1.54, 1.807) is 14.0 Å². The van der Waals surface area contributed by atoms with Gasteiger partial charge in [-0.05, 0) is 20.8 Å². The van der Waals surface area contributed by atoms with Crippen molar-refractivity contribution in [1.82, 2.24) is 0 Å². The Bertz CT molecular complexity index is 399. The zero-order valence-electron chi connectivity index (χ0n) is 18.7. The van der Waals surface area contributed by atoms with Crippen LogP contribution in [0.25, 0.3) is 0 Å². The monoisotopic (exact) mass is 589 g/mol. The molecule has 39 heavy (non-hydrogen) atoms. The van der Waals surface area contributed by atoms with Crippen molar-refractivity contribution < 1.29 is 52.3 Å². The summed E-state index contributed by atoms with van der Waals surface area (Å²) < 4.78 is 31.2. The van der Waals surface area contributed by atoms with Crippen molar-refractivity contribution in [3.8, 4) is 0 Å². The Morgan fingerprint density at radius 1 is 0.538 bits per heavy atom. The summed E-state index contributed by atoms with van der Waals surface area (Å²) in [4.78, 5) is 40.7. The molecule has 0 saturated carbocycles. The lowest BCUT2D eigenvalue weighted by molar-refractivity contribution is -0.153. The summed E-state index contributed by atoms with van der Waals surface area (Å²) in [6, 6.07) is 0. The van der Waals surface area contributed by atoms with Crippen molar-refractivity contribution in [1.29, 1.82) is 0 Å². The molecule has 0 aromatic heterocycles. The molecule has 0 aliphatic rings. The van der Waals surface area contributed by atoms with Crippen LogP contribution >= 0.6 is 0 Å². The fraction of sp³-hybridized carbons (Fsp3) is 0.857. The van der Waals surface area contributed by atoms with Crippen LogP contribution in [0, 0.1) is 0 Å². The van der Waals surface area contributed by atoms with Gasteiger partial charge >= 0.3 is 17.9 Å². The topological polar surface area (TPSA) is 133 Å². The number of ether oxygens (including phenoxy) is 7. The molecule has 0 fully saturated rings. The Kier molecular flexibility index (Phi) is 194. The predicted octanol–water partition coefficient (Wildman–Crippen LogP) is 7.48. The average molecular weight is 589 g/mol. The van der Waals surface area contributed by atoms with Gasteiger partial charge in [-0.15, -0.1) is 0 Å². The van der Waals surface area contributed by atoms with E-state index in [1.807, 2.05) is 6.92 Å². The van der Waals surface area contributed by atoms with Crippen molar-refractivity contribution >= 4 is 23.7 Å². The van der Waals surface area contributed by atoms with Crippen LogP contribution in [-0.2, 0) is 52.3 Å². The average Bonchev–Trinajstić information content (AvgIpc) is 2.66. The molecule has 11 heteroatoms. The van der Waals surface area contributed by atoms with E-state index >= 15 is 0 Å². The summed E-state index contributed by atoms with van der Waals surface area (Å²) in [5, 5.41) is 0. The predicted molar refractivity (Wildman–Crippen MR) is 170 cm³/mol. The highest BCUT2D eigenvalue weighted by atomic mass is 16.7. The summed E-state index contributed by atoms with van der Waals surface area (Å²) >= 11 is 0. The van der Waals surface area contributed by atoms with Gasteiger partial charge in [0.15, 0.2) is 12.6 Å². The first kappa shape index (κ1) is 90.7. The van der Waals surface area contributed by atoms with Gasteiger partial charge in [0.2, 0.25) is 0 Å². The maximum atomic E-state index is 10.5. The van der Waals surface area contributed by atoms with E-state index in [0.29, 0.717) is 6.79 Å². The summed E-state index contributed by atoms with van der Waals surface area (Å²) in [6.07, 6.45) is -0.301. The Labute approximate surface area is 246 Å². The molecule has 0 aromatic rings. The number of methoxy groups -OCH3 is 4. The fourth-order valence-electron chi connectivity index (χ4n) is 0.914. The van der Waals surface area contributed by atoms with E-state index in [1.165, 1.54) is 35.2 Å². The second kappa shape index (κ2) is 83.4. The molecule has 0 bridgehead atoms. The molecule has 0 radical (unpaired) electrons. The van der Waals surface area contributed by atoms with Gasteiger partial charge in [0.1, 0.15) is 19.8 Å². The van der Waals surface area contributed by atoms with Crippen LogP contribution in [0.2, 0.25) is 0 Å². The second-order valence-electron chi connectivity index (χ2n) is 4.63. The SMILES string of the molecule is C.C.C.C.C.C.C.C.C.C.CCOC(=O)CC(=O)OC.CCOCOC.COCC(C)=O.COCOC(C)=O. The van der Waals surface area contributed by atoms with Crippen LogP contribution in [0.5, 0.6) is 0 Å². The second-order valence-corrected chi connectivity index (χ2v) is 4.63. The number of carbonyl (C=O) groups is 4. The summed E-state index contributed by atoms with van der Waals surface area (Å²) in [7, 11) is 5.79. The maximum absolute atomic E-state index is 10.5. The van der Waals surface area contributed by atoms with Crippen LogP contribution < -0.4 is 0 Å². The molecular weight excluding hydrogens is 512 g/mol. The number of hydrogen-bond donors (Lipinski definition) is 0. The van der Waals surface area contributed by atoms with E-state index in [2.05, 4.69) is 28.4 Å². The molecule has 0 heterocycles. The highest BCUT2D eigenvalue weighted by Crippen LogP contribution is 1.87. The third-order valence-electron chi connectivity index (χ3n) is 1.95. The molecule has 0 saturated heterocycles. The van der Waals surface area contributed by atoms with Crippen LogP contribution in [-0.4, -0.2) is 85.5 Å². The zero-order chi connectivity index (χ0) is 23.5. The minimum absolute atomic E-state index is 0. The number of Topliss-reactive ketones (excluding diaryl/α,β-unsaturated/α-hetero) is 1. The highest BCUT2D eigenvalue weighted by molar-refractivity contribution is 5.91. The van der Waals surface area contributed by atoms with Crippen LogP contribution in [0.15, 0.2) is 0 Å². The van der Waals surface area contributed by atoms with E-state index in [4.69, 9.17) is 4.74 Å². The van der Waals surface area contributed by atoms with Crippen molar-refractivity contribution in [2.45, 2.75) is 108 Å². The minimum atomic E-state index is -0.571. The van der Waals surface area contributed by atoms with E-state index in [0.717, 1.165) is 6.61 Å². The molecule has 0 unspecified atom stereocenters. The lowest BCUT2D eigenvalue weighted by Gasteiger charge is -1.98. The van der Waals surface area contributed by atoms with Crippen molar-refractivity contribution in [3.05, 3.63) is 0 Å². The number of hydrogen-bond acceptors (Lipinski definition) is 11. The number of ketones is 1. The number of rotatable bonds is 10. The summed E-state index contributed by atoms with van der Waals surface area (Å²) in [6.45, 7) is 8.15. The number of carbonyl (C=O) groups excluding carboxylic acids is 4. The van der Waals surface area contributed by atoms with Crippen molar-refractivity contribution in [2.24, 2.45) is 0 Å². The van der Waals surface area contributed by atoms with Crippen LogP contribution in [0.1, 0.15) is 108 Å². The molecule has 0 spiro atoms. The Morgan fingerprint density at radius 3 is 1.10 bits per heavy atom. The molecule has 0 N–H and O–H groups in total. The third kappa shape index (κ3) is 144. The first-order valence-electron chi connectivity index (χ1n) is 8.56. The van der Waals surface area contributed by atoms with Gasteiger partial charge in [-0.2, -0.15) is 0 Å². The van der Waals surface area contributed by atoms with Gasteiger partial charge in [0.25, 0.3) is 0 Å². The quantitative estimate of drug-likeness (QED) is 0.0826. The third-order valence-corrected chi connectivity index (χ3v) is 1.95. The molecule has 0 aliphatic carbocycles. The summed E-state index contributed by atoms with van der Waals surface area (Å²) in [5.74, 6) is -1.37. The van der Waals surface area contributed by atoms with Gasteiger partial charge in [0.05, 0.1) is 13.7 Å². The molecular formula is C28H76O11. The van der Waals surface area contributed by atoms with E-state index in [-0.39, 0.29) is 112 Å². The van der Waals surface area contributed by atoms with Crippen LogP contribution in [0.3, 0.4) is 0 Å². The first-order chi connectivity index (χ1) is 13.7. The Hall–Kier alpha value is -2.08. The lowest BCUT2D eigenvalue weighted by atomic mass is 10.4. The smallest absolute Gasteiger partial charge is 0.317 e. The molecule has 0 aliphatic heterocycles. The zero-order valence-corrected chi connectivity index (χ0v) is 18.7. The van der Waals surface area contributed by atoms with Gasteiger partial charge in [-0.25, -0.2) is 0 Å². The molecule has 254 valence electrons. The largest absolute Gasteiger partial charge is 0.469 e. The molecule has 0 amide bonds. The van der Waals surface area contributed by atoms with Crippen molar-refractivity contribution in [2.75, 3.05) is 61.8 Å². The van der Waals surface area contributed by atoms with E-state index < -0.39 is 11.9 Å². The minimum Gasteiger partial charge on any atom is -0.469 e. The Morgan fingerprint density at radius 2 is 0.949 bits per heavy atom. The van der Waals surface area contributed by atoms with Crippen LogP contribution in [0.4, 0.5) is 0 Å². The Balaban J connectivity index is -0.0000000167. The maximum Gasteiger partial charge on any atom is 0.317 e. The van der Waals surface area contributed by atoms with Gasteiger partial charge < -0.3 is 33.2 Å². The fourth-order valence-corrected chi connectivity index (χ4v) is 0.914. The molecule has 0 atom stereocenters. The van der Waals surface area contributed by atoms with Crippen molar-refractivity contribution in [3.63, 3.8) is 0 Å². The normalized spacial score (nSPS) is 6.36. The standard InChI is InChI=1S/C6H10O4.C4H8O3.C4H8O2.C4H10O2.10CH4/c1-3-10-6(8)4-5(7)9-2;1-4(5)7-3-6-2;1-4(5)3-6-2;1-3-6-4-5-2;;;;;;;;;;/h3-4H2,1-2H3;3H2,1-2H3;3H2,1-2H3;3-4H2,1-2H3;10*1H4. The van der Waals surface area contributed by atoms with Gasteiger partial charge in [-0.3, -0.25) is 19.2 Å². The lowest BCUT2D eigenvalue weighted by Crippen LogP contribution is -2.11. The molecule has 0 aromatic carbocycles. The number of esters is 3. The van der Waals surface area contributed by atoms with Gasteiger partial charge in [-0.1, -0.05) is 74.3 Å². The molecule has 11 nitrogen and oxygen atoms in total. The first-order valence-corrected chi connectivity index (χ1v) is 8.56.